The molecule has 0 aliphatic carbocycles. The maximum absolute atomic E-state index is 12.6. The second-order valence-electron chi connectivity index (χ2n) is 6.73. The first-order chi connectivity index (χ1) is 14.8. The van der Waals surface area contributed by atoms with Crippen LogP contribution >= 0.6 is 11.6 Å². The van der Waals surface area contributed by atoms with Gasteiger partial charge in [-0.1, -0.05) is 25.4 Å². The Morgan fingerprint density at radius 3 is 2.45 bits per heavy atom. The lowest BCUT2D eigenvalue weighted by Gasteiger charge is -2.18. The molecule has 166 valence electrons. The fourth-order valence-electron chi connectivity index (χ4n) is 3.29. The first-order valence-electron chi connectivity index (χ1n) is 9.84. The number of aromatic nitrogens is 2. The number of sulfonamides is 1. The molecule has 0 radical (unpaired) electrons. The van der Waals surface area contributed by atoms with Crippen LogP contribution in [0.5, 0.6) is 0 Å². The number of fused-ring (bicyclic) bond motifs is 1. The topological polar surface area (TPSA) is 102 Å². The number of nitrogens with zero attached hydrogens (tertiary/aromatic N) is 3. The van der Waals surface area contributed by atoms with Crippen molar-refractivity contribution in [3.63, 3.8) is 0 Å². The SMILES string of the molecule is CCN(CC)S(=O)(=O)c1ccc(C(=O)OCc2nc3ccc(Cl)cc3n2CCO)cc1. The fourth-order valence-corrected chi connectivity index (χ4v) is 4.92. The van der Waals surface area contributed by atoms with E-state index in [4.69, 9.17) is 16.3 Å². The maximum atomic E-state index is 12.6. The zero-order chi connectivity index (χ0) is 22.6. The zero-order valence-electron chi connectivity index (χ0n) is 17.3. The molecular formula is C21H24ClN3O5S. The zero-order valence-corrected chi connectivity index (χ0v) is 18.9. The smallest absolute Gasteiger partial charge is 0.338 e. The van der Waals surface area contributed by atoms with Crippen molar-refractivity contribution in [1.82, 2.24) is 13.9 Å². The first-order valence-corrected chi connectivity index (χ1v) is 11.7. The summed E-state index contributed by atoms with van der Waals surface area (Å²) < 4.78 is 33.6. The number of hydrogen-bond donors (Lipinski definition) is 1. The van der Waals surface area contributed by atoms with Gasteiger partial charge in [-0.05, 0) is 42.5 Å². The Morgan fingerprint density at radius 2 is 1.84 bits per heavy atom. The standard InChI is InChI=1S/C21H24ClN3O5S/c1-3-24(4-2)31(28,29)17-8-5-15(6-9-17)21(27)30-14-20-23-18-10-7-16(22)13-19(18)25(20)11-12-26/h5-10,13,26H,3-4,11-12,14H2,1-2H3. The van der Waals surface area contributed by atoms with Crippen LogP contribution in [0.25, 0.3) is 11.0 Å². The molecule has 0 saturated heterocycles. The number of benzene rings is 2. The van der Waals surface area contributed by atoms with Crippen LogP contribution in [0.4, 0.5) is 0 Å². The summed E-state index contributed by atoms with van der Waals surface area (Å²) in [6.07, 6.45) is 0. The van der Waals surface area contributed by atoms with E-state index in [1.807, 2.05) is 0 Å². The Kier molecular flexibility index (Phi) is 7.32. The molecule has 0 aliphatic rings. The van der Waals surface area contributed by atoms with Crippen molar-refractivity contribution in [1.29, 1.82) is 0 Å². The maximum Gasteiger partial charge on any atom is 0.338 e. The van der Waals surface area contributed by atoms with E-state index in [2.05, 4.69) is 4.98 Å². The lowest BCUT2D eigenvalue weighted by Crippen LogP contribution is -2.30. The van der Waals surface area contributed by atoms with Gasteiger partial charge in [-0.15, -0.1) is 0 Å². The Morgan fingerprint density at radius 1 is 1.16 bits per heavy atom. The second kappa shape index (κ2) is 9.78. The van der Waals surface area contributed by atoms with Crippen LogP contribution in [0.1, 0.15) is 30.0 Å². The van der Waals surface area contributed by atoms with Crippen LogP contribution in [0.2, 0.25) is 5.02 Å². The van der Waals surface area contributed by atoms with Crippen molar-refractivity contribution < 1.29 is 23.1 Å². The minimum Gasteiger partial charge on any atom is -0.454 e. The Bertz CT molecular complexity index is 1170. The van der Waals surface area contributed by atoms with Gasteiger partial charge in [0.15, 0.2) is 0 Å². The van der Waals surface area contributed by atoms with Crippen molar-refractivity contribution >= 4 is 38.6 Å². The molecule has 0 bridgehead atoms. The lowest BCUT2D eigenvalue weighted by atomic mass is 10.2. The third-order valence-corrected chi connectivity index (χ3v) is 7.18. The number of esters is 1. The number of carbonyl (C=O) groups is 1. The molecule has 0 aliphatic heterocycles. The highest BCUT2D eigenvalue weighted by Gasteiger charge is 2.22. The quantitative estimate of drug-likeness (QED) is 0.487. The van der Waals surface area contributed by atoms with E-state index < -0.39 is 16.0 Å². The lowest BCUT2D eigenvalue weighted by molar-refractivity contribution is 0.0457. The molecule has 0 fully saturated rings. The van der Waals surface area contributed by atoms with Crippen LogP contribution in [0.15, 0.2) is 47.4 Å². The third kappa shape index (κ3) is 4.90. The van der Waals surface area contributed by atoms with E-state index in [-0.39, 0.29) is 30.2 Å². The normalized spacial score (nSPS) is 11.9. The minimum atomic E-state index is -3.60. The number of aliphatic hydroxyl groups is 1. The van der Waals surface area contributed by atoms with Gasteiger partial charge in [0.1, 0.15) is 12.4 Å². The number of aliphatic hydroxyl groups excluding tert-OH is 1. The van der Waals surface area contributed by atoms with Crippen molar-refractivity contribution in [3.8, 4) is 0 Å². The molecule has 8 nitrogen and oxygen atoms in total. The summed E-state index contributed by atoms with van der Waals surface area (Å²) in [6, 6.07) is 10.8. The van der Waals surface area contributed by atoms with E-state index in [9.17, 15) is 18.3 Å². The van der Waals surface area contributed by atoms with Crippen LogP contribution in [-0.2, 0) is 27.9 Å². The molecule has 0 atom stereocenters. The molecule has 0 saturated carbocycles. The molecule has 0 spiro atoms. The molecule has 31 heavy (non-hydrogen) atoms. The van der Waals surface area contributed by atoms with Gasteiger partial charge >= 0.3 is 5.97 Å². The number of carbonyl (C=O) groups excluding carboxylic acids is 1. The van der Waals surface area contributed by atoms with E-state index in [1.54, 1.807) is 36.6 Å². The summed E-state index contributed by atoms with van der Waals surface area (Å²) in [5.74, 6) is -0.132. The van der Waals surface area contributed by atoms with Gasteiger partial charge in [0.05, 0.1) is 28.1 Å². The van der Waals surface area contributed by atoms with E-state index in [1.165, 1.54) is 28.6 Å². The van der Waals surface area contributed by atoms with Gasteiger partial charge in [0, 0.05) is 24.7 Å². The minimum absolute atomic E-state index is 0.107. The summed E-state index contributed by atoms with van der Waals surface area (Å²) in [4.78, 5) is 17.0. The highest BCUT2D eigenvalue weighted by Crippen LogP contribution is 2.22. The summed E-state index contributed by atoms with van der Waals surface area (Å²) in [7, 11) is -3.60. The van der Waals surface area contributed by atoms with Crippen molar-refractivity contribution in [3.05, 3.63) is 58.9 Å². The Hall–Kier alpha value is -2.46. The summed E-state index contributed by atoms with van der Waals surface area (Å²) in [5, 5.41) is 9.91. The summed E-state index contributed by atoms with van der Waals surface area (Å²) in [6.45, 7) is 4.33. The van der Waals surface area contributed by atoms with Crippen molar-refractivity contribution in [2.45, 2.75) is 31.9 Å². The Labute approximate surface area is 186 Å². The largest absolute Gasteiger partial charge is 0.454 e. The van der Waals surface area contributed by atoms with Crippen LogP contribution in [-0.4, -0.2) is 53.0 Å². The molecule has 3 rings (SSSR count). The van der Waals surface area contributed by atoms with E-state index in [0.717, 1.165) is 5.52 Å². The number of rotatable bonds is 9. The molecule has 1 N–H and O–H groups in total. The number of hydrogen-bond acceptors (Lipinski definition) is 6. The van der Waals surface area contributed by atoms with Crippen LogP contribution in [0.3, 0.4) is 0 Å². The van der Waals surface area contributed by atoms with Gasteiger partial charge in [-0.25, -0.2) is 18.2 Å². The predicted molar refractivity (Wildman–Crippen MR) is 117 cm³/mol. The molecule has 1 heterocycles. The molecular weight excluding hydrogens is 442 g/mol. The highest BCUT2D eigenvalue weighted by atomic mass is 35.5. The van der Waals surface area contributed by atoms with Crippen molar-refractivity contribution in [2.24, 2.45) is 0 Å². The summed E-state index contributed by atoms with van der Waals surface area (Å²) >= 11 is 6.06. The van der Waals surface area contributed by atoms with Crippen LogP contribution < -0.4 is 0 Å². The first kappa shape index (κ1) is 23.2. The van der Waals surface area contributed by atoms with E-state index >= 15 is 0 Å². The molecule has 10 heteroatoms. The molecule has 3 aromatic rings. The van der Waals surface area contributed by atoms with Gasteiger partial charge in [-0.3, -0.25) is 0 Å². The van der Waals surface area contributed by atoms with Crippen LogP contribution in [0, 0.1) is 0 Å². The molecule has 0 amide bonds. The average Bonchev–Trinajstić information content (AvgIpc) is 3.09. The Balaban J connectivity index is 1.76. The highest BCUT2D eigenvalue weighted by molar-refractivity contribution is 7.89. The summed E-state index contributed by atoms with van der Waals surface area (Å²) in [5.41, 5.74) is 1.64. The molecule has 0 unspecified atom stereocenters. The number of halogens is 1. The second-order valence-corrected chi connectivity index (χ2v) is 9.10. The van der Waals surface area contributed by atoms with Crippen molar-refractivity contribution in [2.75, 3.05) is 19.7 Å². The predicted octanol–water partition coefficient (Wildman–Crippen LogP) is 3.07. The molecule has 2 aromatic carbocycles. The van der Waals surface area contributed by atoms with Gasteiger partial charge in [0.25, 0.3) is 0 Å². The monoisotopic (exact) mass is 465 g/mol. The van der Waals surface area contributed by atoms with Gasteiger partial charge < -0.3 is 14.4 Å². The fraction of sp³-hybridized carbons (Fsp3) is 0.333. The number of imidazole rings is 1. The van der Waals surface area contributed by atoms with Gasteiger partial charge in [0.2, 0.25) is 10.0 Å². The number of ether oxygens (including phenoxy) is 1. The average molecular weight is 466 g/mol. The van der Waals surface area contributed by atoms with Gasteiger partial charge in [-0.2, -0.15) is 4.31 Å². The molecule has 1 aromatic heterocycles. The van der Waals surface area contributed by atoms with E-state index in [0.29, 0.717) is 29.5 Å². The third-order valence-electron chi connectivity index (χ3n) is 4.88.